The first kappa shape index (κ1) is 17.5. The van der Waals surface area contributed by atoms with Crippen LogP contribution in [0.15, 0.2) is 30.5 Å². The zero-order valence-corrected chi connectivity index (χ0v) is 15.5. The van der Waals surface area contributed by atoms with E-state index in [9.17, 15) is 9.59 Å². The minimum Gasteiger partial charge on any atom is -0.351 e. The third-order valence-electron chi connectivity index (χ3n) is 4.81. The van der Waals surface area contributed by atoms with Crippen LogP contribution < -0.4 is 5.32 Å². The van der Waals surface area contributed by atoms with E-state index in [4.69, 9.17) is 0 Å². The first-order valence-corrected chi connectivity index (χ1v) is 8.89. The Morgan fingerprint density at radius 1 is 1.28 bits per heavy atom. The number of nitrogens with one attached hydrogen (secondary N) is 1. The van der Waals surface area contributed by atoms with Gasteiger partial charge in [0, 0.05) is 43.2 Å². The molecule has 0 bridgehead atoms. The van der Waals surface area contributed by atoms with E-state index < -0.39 is 0 Å². The summed E-state index contributed by atoms with van der Waals surface area (Å²) in [7, 11) is 0. The maximum absolute atomic E-state index is 12.3. The summed E-state index contributed by atoms with van der Waals surface area (Å²) >= 11 is 0. The molecule has 2 aromatic rings. The van der Waals surface area contributed by atoms with Crippen molar-refractivity contribution in [1.29, 1.82) is 0 Å². The lowest BCUT2D eigenvalue weighted by molar-refractivity contribution is -0.131. The van der Waals surface area contributed by atoms with E-state index in [2.05, 4.69) is 41.1 Å². The average molecular weight is 341 g/mol. The number of carbonyl (C=O) groups excluding carboxylic acids is 2. The lowest BCUT2D eigenvalue weighted by Gasteiger charge is -2.32. The first-order valence-electron chi connectivity index (χ1n) is 8.89. The van der Waals surface area contributed by atoms with Crippen LogP contribution in [0, 0.1) is 6.92 Å². The van der Waals surface area contributed by atoms with Crippen molar-refractivity contribution in [1.82, 2.24) is 14.8 Å². The van der Waals surface area contributed by atoms with Gasteiger partial charge < -0.3 is 14.8 Å². The minimum absolute atomic E-state index is 0.00233. The van der Waals surface area contributed by atoms with E-state index in [0.29, 0.717) is 25.9 Å². The van der Waals surface area contributed by atoms with Crippen LogP contribution in [0.3, 0.4) is 0 Å². The van der Waals surface area contributed by atoms with Crippen molar-refractivity contribution < 1.29 is 9.59 Å². The molecule has 2 amide bonds. The largest absolute Gasteiger partial charge is 0.351 e. The number of nitrogens with zero attached hydrogens (tertiary/aromatic N) is 2. The maximum atomic E-state index is 12.3. The molecule has 1 atom stereocenters. The quantitative estimate of drug-likeness (QED) is 0.930. The lowest BCUT2D eigenvalue weighted by atomic mass is 10.1. The van der Waals surface area contributed by atoms with Gasteiger partial charge >= 0.3 is 0 Å². The Hall–Kier alpha value is -2.30. The molecule has 0 saturated carbocycles. The molecule has 5 heteroatoms. The standard InChI is InChI=1S/C20H27N3O2/c1-14-5-6-17-15(11-14)7-9-22(17)10-8-18(24)21-16-12-19(25)23(13-16)20(2,3)4/h5-7,9,11,16H,8,10,12-13H2,1-4H3,(H,21,24). The van der Waals surface area contributed by atoms with Gasteiger partial charge in [0.25, 0.3) is 0 Å². The van der Waals surface area contributed by atoms with Gasteiger partial charge in [-0.25, -0.2) is 0 Å². The maximum Gasteiger partial charge on any atom is 0.225 e. The Balaban J connectivity index is 1.56. The molecule has 1 aromatic carbocycles. The van der Waals surface area contributed by atoms with E-state index in [1.54, 1.807) is 0 Å². The van der Waals surface area contributed by atoms with E-state index in [1.165, 1.54) is 10.9 Å². The van der Waals surface area contributed by atoms with E-state index in [1.807, 2.05) is 31.9 Å². The van der Waals surface area contributed by atoms with Crippen molar-refractivity contribution in [3.8, 4) is 0 Å². The molecular formula is C20H27N3O2. The van der Waals surface area contributed by atoms with E-state index >= 15 is 0 Å². The SMILES string of the molecule is Cc1ccc2c(ccn2CCC(=O)NC2CC(=O)N(C(C)(C)C)C2)c1. The Labute approximate surface area is 149 Å². The van der Waals surface area contributed by atoms with Crippen molar-refractivity contribution in [3.63, 3.8) is 0 Å². The summed E-state index contributed by atoms with van der Waals surface area (Å²) in [4.78, 5) is 26.2. The second-order valence-electron chi connectivity index (χ2n) is 7.97. The van der Waals surface area contributed by atoms with Crippen LogP contribution in [0.5, 0.6) is 0 Å². The number of likely N-dealkylation sites (tertiary alicyclic amines) is 1. The molecule has 2 heterocycles. The van der Waals surface area contributed by atoms with Gasteiger partial charge in [-0.3, -0.25) is 9.59 Å². The normalized spacial score (nSPS) is 18.2. The van der Waals surface area contributed by atoms with Crippen LogP contribution in [-0.2, 0) is 16.1 Å². The number of hydrogen-bond donors (Lipinski definition) is 1. The van der Waals surface area contributed by atoms with Gasteiger partial charge in [-0.05, 0) is 51.3 Å². The molecule has 1 saturated heterocycles. The summed E-state index contributed by atoms with van der Waals surface area (Å²) in [6.07, 6.45) is 2.84. The number of rotatable bonds is 4. The molecule has 134 valence electrons. The van der Waals surface area contributed by atoms with Crippen molar-refractivity contribution in [2.45, 2.75) is 58.7 Å². The van der Waals surface area contributed by atoms with Crippen LogP contribution in [0.25, 0.3) is 10.9 Å². The monoisotopic (exact) mass is 341 g/mol. The van der Waals surface area contributed by atoms with Gasteiger partial charge in [0.05, 0.1) is 6.04 Å². The van der Waals surface area contributed by atoms with Gasteiger partial charge in [0.1, 0.15) is 0 Å². The molecule has 1 aliphatic heterocycles. The Bertz CT molecular complexity index is 801. The van der Waals surface area contributed by atoms with Gasteiger partial charge in [-0.15, -0.1) is 0 Å². The van der Waals surface area contributed by atoms with E-state index in [-0.39, 0.29) is 23.4 Å². The van der Waals surface area contributed by atoms with Crippen LogP contribution >= 0.6 is 0 Å². The summed E-state index contributed by atoms with van der Waals surface area (Å²) in [5, 5.41) is 4.21. The molecule has 1 fully saturated rings. The molecule has 1 N–H and O–H groups in total. The summed E-state index contributed by atoms with van der Waals surface area (Å²) in [5.74, 6) is 0.118. The molecule has 0 radical (unpaired) electrons. The molecule has 0 spiro atoms. The fourth-order valence-corrected chi connectivity index (χ4v) is 3.49. The minimum atomic E-state index is -0.196. The van der Waals surface area contributed by atoms with Crippen LogP contribution in [0.4, 0.5) is 0 Å². The van der Waals surface area contributed by atoms with Crippen molar-refractivity contribution >= 4 is 22.7 Å². The second kappa shape index (κ2) is 6.54. The fraction of sp³-hybridized carbons (Fsp3) is 0.500. The zero-order valence-electron chi connectivity index (χ0n) is 15.5. The second-order valence-corrected chi connectivity index (χ2v) is 7.97. The number of benzene rings is 1. The summed E-state index contributed by atoms with van der Waals surface area (Å²) < 4.78 is 2.11. The fourth-order valence-electron chi connectivity index (χ4n) is 3.49. The molecule has 25 heavy (non-hydrogen) atoms. The highest BCUT2D eigenvalue weighted by atomic mass is 16.2. The number of carbonyl (C=O) groups is 2. The summed E-state index contributed by atoms with van der Waals surface area (Å²) in [5.41, 5.74) is 2.18. The van der Waals surface area contributed by atoms with Crippen molar-refractivity contribution in [3.05, 3.63) is 36.0 Å². The van der Waals surface area contributed by atoms with Gasteiger partial charge in [0.15, 0.2) is 0 Å². The highest BCUT2D eigenvalue weighted by molar-refractivity contribution is 5.83. The molecule has 3 rings (SSSR count). The predicted molar refractivity (Wildman–Crippen MR) is 99.3 cm³/mol. The van der Waals surface area contributed by atoms with Crippen LogP contribution in [0.2, 0.25) is 0 Å². The van der Waals surface area contributed by atoms with Crippen molar-refractivity contribution in [2.75, 3.05) is 6.54 Å². The Morgan fingerprint density at radius 2 is 2.04 bits per heavy atom. The first-order chi connectivity index (χ1) is 11.7. The Morgan fingerprint density at radius 3 is 2.72 bits per heavy atom. The summed E-state index contributed by atoms with van der Waals surface area (Å²) in [6.45, 7) is 9.38. The number of amides is 2. The number of fused-ring (bicyclic) bond motifs is 1. The van der Waals surface area contributed by atoms with Gasteiger partial charge in [-0.2, -0.15) is 0 Å². The highest BCUT2D eigenvalue weighted by Gasteiger charge is 2.36. The molecular weight excluding hydrogens is 314 g/mol. The number of hydrogen-bond acceptors (Lipinski definition) is 2. The van der Waals surface area contributed by atoms with Crippen molar-refractivity contribution in [2.24, 2.45) is 0 Å². The van der Waals surface area contributed by atoms with E-state index in [0.717, 1.165) is 5.52 Å². The number of aryl methyl sites for hydroxylation is 2. The average Bonchev–Trinajstić information content (AvgIpc) is 3.07. The smallest absolute Gasteiger partial charge is 0.225 e. The zero-order chi connectivity index (χ0) is 18.2. The topological polar surface area (TPSA) is 54.3 Å². The highest BCUT2D eigenvalue weighted by Crippen LogP contribution is 2.22. The predicted octanol–water partition coefficient (Wildman–Crippen LogP) is 2.86. The molecule has 1 aliphatic rings. The molecule has 1 unspecified atom stereocenters. The van der Waals surface area contributed by atoms with Gasteiger partial charge in [0.2, 0.25) is 11.8 Å². The molecule has 0 aliphatic carbocycles. The van der Waals surface area contributed by atoms with Crippen LogP contribution in [-0.4, -0.2) is 39.4 Å². The number of aromatic nitrogens is 1. The van der Waals surface area contributed by atoms with Crippen LogP contribution in [0.1, 0.15) is 39.2 Å². The third kappa shape index (κ3) is 3.86. The third-order valence-corrected chi connectivity index (χ3v) is 4.81. The molecule has 5 nitrogen and oxygen atoms in total. The van der Waals surface area contributed by atoms with Gasteiger partial charge in [-0.1, -0.05) is 11.6 Å². The molecule has 1 aromatic heterocycles. The summed E-state index contributed by atoms with van der Waals surface area (Å²) in [6, 6.07) is 8.33. The Kier molecular flexibility index (Phi) is 4.58. The lowest BCUT2D eigenvalue weighted by Crippen LogP contribution is -2.44.